The topological polar surface area (TPSA) is 32.3 Å². The molecule has 2 rings (SSSR count). The van der Waals surface area contributed by atoms with Gasteiger partial charge in [0.2, 0.25) is 0 Å². The average molecular weight is 195 g/mol. The molecule has 0 amide bonds. The van der Waals surface area contributed by atoms with E-state index < -0.39 is 5.60 Å². The Morgan fingerprint density at radius 2 is 2.21 bits per heavy atom. The number of aliphatic hydroxyl groups is 1. The predicted octanol–water partition coefficient (Wildman–Crippen LogP) is 1.85. The lowest BCUT2D eigenvalue weighted by Gasteiger charge is -2.49. The average Bonchev–Trinajstić information content (AvgIpc) is 1.99. The third kappa shape index (κ3) is 1.73. The number of fused-ring (bicyclic) bond motifs is 2. The normalized spacial score (nSPS) is 47.4. The molecule has 80 valence electrons. The first kappa shape index (κ1) is 10.2. The highest BCUT2D eigenvalue weighted by molar-refractivity contribution is 5.23. The molecule has 3 atom stereocenters. The zero-order chi connectivity index (χ0) is 10.4. The minimum atomic E-state index is -0.507. The summed E-state index contributed by atoms with van der Waals surface area (Å²) in [5.41, 5.74) is 1.09. The van der Waals surface area contributed by atoms with Crippen molar-refractivity contribution in [2.45, 2.75) is 50.7 Å². The molecule has 2 nitrogen and oxygen atoms in total. The van der Waals surface area contributed by atoms with Gasteiger partial charge in [0.1, 0.15) is 0 Å². The third-order valence-electron chi connectivity index (χ3n) is 3.66. The van der Waals surface area contributed by atoms with E-state index in [9.17, 15) is 5.11 Å². The lowest BCUT2D eigenvalue weighted by molar-refractivity contribution is -0.00553. The summed E-state index contributed by atoms with van der Waals surface area (Å²) in [6.45, 7) is 4.23. The highest BCUT2D eigenvalue weighted by Gasteiger charge is 2.44. The van der Waals surface area contributed by atoms with Crippen molar-refractivity contribution in [1.82, 2.24) is 5.32 Å². The van der Waals surface area contributed by atoms with Crippen LogP contribution in [0.15, 0.2) is 11.6 Å². The molecule has 0 aromatic heterocycles. The smallest absolute Gasteiger partial charge is 0.0674 e. The Kier molecular flexibility index (Phi) is 2.24. The second-order valence-electron chi connectivity index (χ2n) is 5.56. The fraction of sp³-hybridized carbons (Fsp3) is 0.833. The lowest BCUT2D eigenvalue weighted by atomic mass is 9.64. The number of rotatable bonds is 1. The molecule has 0 spiro atoms. The van der Waals surface area contributed by atoms with E-state index in [0.29, 0.717) is 5.92 Å². The van der Waals surface area contributed by atoms with E-state index in [1.54, 1.807) is 0 Å². The molecule has 0 aromatic rings. The Morgan fingerprint density at radius 1 is 1.50 bits per heavy atom. The van der Waals surface area contributed by atoms with Crippen LogP contribution < -0.4 is 5.32 Å². The van der Waals surface area contributed by atoms with E-state index >= 15 is 0 Å². The first-order valence-corrected chi connectivity index (χ1v) is 5.56. The molecule has 1 fully saturated rings. The molecule has 0 aliphatic heterocycles. The molecule has 0 radical (unpaired) electrons. The summed E-state index contributed by atoms with van der Waals surface area (Å²) >= 11 is 0. The summed E-state index contributed by atoms with van der Waals surface area (Å²) in [4.78, 5) is 0. The largest absolute Gasteiger partial charge is 0.390 e. The van der Waals surface area contributed by atoms with Crippen molar-refractivity contribution in [1.29, 1.82) is 0 Å². The number of hydrogen-bond acceptors (Lipinski definition) is 2. The van der Waals surface area contributed by atoms with Crippen LogP contribution in [0.4, 0.5) is 0 Å². The highest BCUT2D eigenvalue weighted by atomic mass is 16.3. The van der Waals surface area contributed by atoms with Crippen molar-refractivity contribution in [2.24, 2.45) is 5.92 Å². The van der Waals surface area contributed by atoms with Crippen LogP contribution in [0, 0.1) is 5.92 Å². The maximum absolute atomic E-state index is 10.2. The minimum absolute atomic E-state index is 0.158. The van der Waals surface area contributed by atoms with Crippen molar-refractivity contribution >= 4 is 0 Å². The van der Waals surface area contributed by atoms with Gasteiger partial charge in [0.25, 0.3) is 0 Å². The van der Waals surface area contributed by atoms with Crippen LogP contribution in [-0.2, 0) is 0 Å². The Labute approximate surface area is 86.4 Å². The van der Waals surface area contributed by atoms with Crippen LogP contribution in [0.25, 0.3) is 0 Å². The van der Waals surface area contributed by atoms with Gasteiger partial charge in [-0.15, -0.1) is 0 Å². The Bertz CT molecular complexity index is 269. The maximum atomic E-state index is 10.2. The monoisotopic (exact) mass is 195 g/mol. The van der Waals surface area contributed by atoms with E-state index in [4.69, 9.17) is 0 Å². The van der Waals surface area contributed by atoms with Gasteiger partial charge >= 0.3 is 0 Å². The van der Waals surface area contributed by atoms with E-state index in [0.717, 1.165) is 25.7 Å². The molecule has 2 aliphatic rings. The summed E-state index contributed by atoms with van der Waals surface area (Å²) in [5.74, 6) is 0.655. The number of hydrogen-bond donors (Lipinski definition) is 2. The molecule has 2 bridgehead atoms. The van der Waals surface area contributed by atoms with E-state index in [1.807, 2.05) is 14.0 Å². The molecule has 3 unspecified atom stereocenters. The van der Waals surface area contributed by atoms with Crippen molar-refractivity contribution < 1.29 is 5.11 Å². The van der Waals surface area contributed by atoms with E-state index in [1.165, 1.54) is 5.57 Å². The first-order valence-electron chi connectivity index (χ1n) is 5.56. The first-order chi connectivity index (χ1) is 6.45. The van der Waals surface area contributed by atoms with Gasteiger partial charge in [-0.25, -0.2) is 0 Å². The van der Waals surface area contributed by atoms with Crippen molar-refractivity contribution in [3.63, 3.8) is 0 Å². The van der Waals surface area contributed by atoms with Crippen LogP contribution in [0.3, 0.4) is 0 Å². The molecule has 1 saturated carbocycles. The van der Waals surface area contributed by atoms with E-state index in [-0.39, 0.29) is 5.54 Å². The van der Waals surface area contributed by atoms with Gasteiger partial charge < -0.3 is 10.4 Å². The van der Waals surface area contributed by atoms with Gasteiger partial charge in [-0.2, -0.15) is 0 Å². The second kappa shape index (κ2) is 3.07. The fourth-order valence-corrected chi connectivity index (χ4v) is 3.46. The molecule has 0 heterocycles. The fourth-order valence-electron chi connectivity index (χ4n) is 3.46. The number of nitrogens with one attached hydrogen (secondary N) is 1. The quantitative estimate of drug-likeness (QED) is 0.626. The van der Waals surface area contributed by atoms with Gasteiger partial charge in [0, 0.05) is 5.54 Å². The summed E-state index contributed by atoms with van der Waals surface area (Å²) < 4.78 is 0. The SMILES string of the molecule is CNC12CC(=CC(C)C1)CC(C)(O)C2. The molecular formula is C12H21NO. The third-order valence-corrected chi connectivity index (χ3v) is 3.66. The van der Waals surface area contributed by atoms with Crippen LogP contribution in [0.5, 0.6) is 0 Å². The predicted molar refractivity (Wildman–Crippen MR) is 58.1 cm³/mol. The highest BCUT2D eigenvalue weighted by Crippen LogP contribution is 2.45. The van der Waals surface area contributed by atoms with Gasteiger partial charge in [0.05, 0.1) is 5.60 Å². The van der Waals surface area contributed by atoms with Gasteiger partial charge in [-0.1, -0.05) is 18.6 Å². The standard InChI is InChI=1S/C12H21NO/c1-9-4-10-6-11(2,14)8-12(5-9,7-10)13-3/h4,9,13-14H,5-8H2,1-3H3. The Hall–Kier alpha value is -0.340. The Balaban J connectivity index is 2.31. The van der Waals surface area contributed by atoms with Crippen LogP contribution in [0.1, 0.15) is 39.5 Å². The Morgan fingerprint density at radius 3 is 2.86 bits per heavy atom. The molecule has 2 N–H and O–H groups in total. The van der Waals surface area contributed by atoms with Gasteiger partial charge in [0.15, 0.2) is 0 Å². The van der Waals surface area contributed by atoms with Crippen LogP contribution in [0.2, 0.25) is 0 Å². The zero-order valence-corrected chi connectivity index (χ0v) is 9.43. The van der Waals surface area contributed by atoms with Crippen LogP contribution >= 0.6 is 0 Å². The zero-order valence-electron chi connectivity index (χ0n) is 9.43. The van der Waals surface area contributed by atoms with Crippen molar-refractivity contribution in [3.8, 4) is 0 Å². The lowest BCUT2D eigenvalue weighted by Crippen LogP contribution is -2.54. The molecule has 14 heavy (non-hydrogen) atoms. The molecule has 2 heteroatoms. The minimum Gasteiger partial charge on any atom is -0.390 e. The summed E-state index contributed by atoms with van der Waals surface area (Å²) in [5, 5.41) is 13.6. The number of allylic oxidation sites excluding steroid dienone is 1. The van der Waals surface area contributed by atoms with E-state index in [2.05, 4.69) is 18.3 Å². The molecule has 0 saturated heterocycles. The molecular weight excluding hydrogens is 174 g/mol. The van der Waals surface area contributed by atoms with Crippen LogP contribution in [-0.4, -0.2) is 23.3 Å². The summed E-state index contributed by atoms with van der Waals surface area (Å²) in [7, 11) is 2.02. The van der Waals surface area contributed by atoms with Gasteiger partial charge in [-0.05, 0) is 45.6 Å². The van der Waals surface area contributed by atoms with Crippen molar-refractivity contribution in [3.05, 3.63) is 11.6 Å². The van der Waals surface area contributed by atoms with Crippen molar-refractivity contribution in [2.75, 3.05) is 7.05 Å². The summed E-state index contributed by atoms with van der Waals surface area (Å²) in [6, 6.07) is 0. The maximum Gasteiger partial charge on any atom is 0.0674 e. The van der Waals surface area contributed by atoms with Gasteiger partial charge in [-0.3, -0.25) is 0 Å². The molecule has 0 aromatic carbocycles. The second-order valence-corrected chi connectivity index (χ2v) is 5.56. The molecule has 2 aliphatic carbocycles. The summed E-state index contributed by atoms with van der Waals surface area (Å²) in [6.07, 6.45) is 6.38.